The van der Waals surface area contributed by atoms with Crippen LogP contribution < -0.4 is 14.8 Å². The highest BCUT2D eigenvalue weighted by Crippen LogP contribution is 2.13. The highest BCUT2D eigenvalue weighted by Gasteiger charge is 2.04. The van der Waals surface area contributed by atoms with E-state index in [0.717, 1.165) is 11.3 Å². The number of hydrogen-bond acceptors (Lipinski definition) is 4. The molecule has 23 heavy (non-hydrogen) atoms. The van der Waals surface area contributed by atoms with E-state index in [9.17, 15) is 9.59 Å². The summed E-state index contributed by atoms with van der Waals surface area (Å²) in [6, 6.07) is 14.2. The summed E-state index contributed by atoms with van der Waals surface area (Å²) in [6.45, 7) is 1.85. The molecule has 1 N–H and O–H groups in total. The lowest BCUT2D eigenvalue weighted by atomic mass is 10.1. The minimum absolute atomic E-state index is 0.00575. The van der Waals surface area contributed by atoms with E-state index < -0.39 is 0 Å². The summed E-state index contributed by atoms with van der Waals surface area (Å²) in [7, 11) is 1.61. The first-order chi connectivity index (χ1) is 11.1. The van der Waals surface area contributed by atoms with Crippen molar-refractivity contribution in [3.63, 3.8) is 0 Å². The van der Waals surface area contributed by atoms with Crippen molar-refractivity contribution in [1.82, 2.24) is 5.32 Å². The van der Waals surface area contributed by atoms with Gasteiger partial charge in [0.15, 0.2) is 12.4 Å². The van der Waals surface area contributed by atoms with Crippen LogP contribution in [0, 0.1) is 0 Å². The zero-order chi connectivity index (χ0) is 16.7. The molecule has 0 spiro atoms. The molecule has 0 aliphatic carbocycles. The van der Waals surface area contributed by atoms with Crippen molar-refractivity contribution < 1.29 is 19.1 Å². The second kappa shape index (κ2) is 7.98. The molecule has 5 heteroatoms. The first kappa shape index (κ1) is 16.5. The number of ketones is 1. The van der Waals surface area contributed by atoms with Crippen LogP contribution in [0.4, 0.5) is 0 Å². The fourth-order valence-electron chi connectivity index (χ4n) is 1.93. The maximum Gasteiger partial charge on any atom is 0.258 e. The Morgan fingerprint density at radius 2 is 1.57 bits per heavy atom. The molecular weight excluding hydrogens is 294 g/mol. The molecule has 0 aliphatic heterocycles. The fraction of sp³-hybridized carbons (Fsp3) is 0.222. The molecule has 2 rings (SSSR count). The number of ether oxygens (including phenoxy) is 2. The molecule has 2 aromatic carbocycles. The maximum absolute atomic E-state index is 11.8. The third kappa shape index (κ3) is 5.14. The summed E-state index contributed by atoms with van der Waals surface area (Å²) in [5.74, 6) is 1.11. The van der Waals surface area contributed by atoms with Gasteiger partial charge in [-0.1, -0.05) is 12.1 Å². The number of rotatable bonds is 7. The van der Waals surface area contributed by atoms with Gasteiger partial charge in [-0.2, -0.15) is 0 Å². The monoisotopic (exact) mass is 313 g/mol. The number of nitrogens with one attached hydrogen (secondary N) is 1. The lowest BCUT2D eigenvalue weighted by Gasteiger charge is -2.08. The molecule has 0 fully saturated rings. The van der Waals surface area contributed by atoms with E-state index in [0.29, 0.717) is 17.9 Å². The van der Waals surface area contributed by atoms with Gasteiger partial charge in [-0.3, -0.25) is 9.59 Å². The molecule has 120 valence electrons. The SMILES string of the molecule is COc1ccc(CNC(=O)COc2ccc(C(C)=O)cc2)cc1. The minimum Gasteiger partial charge on any atom is -0.497 e. The molecule has 0 saturated carbocycles. The van der Waals surface area contributed by atoms with E-state index in [4.69, 9.17) is 9.47 Å². The molecule has 0 saturated heterocycles. The molecule has 0 unspecified atom stereocenters. The summed E-state index contributed by atoms with van der Waals surface area (Å²) in [5.41, 5.74) is 1.59. The molecule has 0 bridgehead atoms. The molecule has 0 radical (unpaired) electrons. The van der Waals surface area contributed by atoms with Crippen LogP contribution >= 0.6 is 0 Å². The topological polar surface area (TPSA) is 64.6 Å². The molecule has 1 amide bonds. The zero-order valence-corrected chi connectivity index (χ0v) is 13.2. The van der Waals surface area contributed by atoms with Crippen molar-refractivity contribution in [3.8, 4) is 11.5 Å². The van der Waals surface area contributed by atoms with Crippen LogP contribution in [-0.4, -0.2) is 25.4 Å². The van der Waals surface area contributed by atoms with Crippen LogP contribution in [0.5, 0.6) is 11.5 Å². The molecule has 0 aliphatic rings. The van der Waals surface area contributed by atoms with Gasteiger partial charge in [0.05, 0.1) is 7.11 Å². The van der Waals surface area contributed by atoms with Crippen molar-refractivity contribution >= 4 is 11.7 Å². The second-order valence-corrected chi connectivity index (χ2v) is 4.99. The average molecular weight is 313 g/mol. The highest BCUT2D eigenvalue weighted by molar-refractivity contribution is 5.94. The maximum atomic E-state index is 11.8. The number of Topliss-reactive ketones (excluding diaryl/α,β-unsaturated/α-hetero) is 1. The predicted molar refractivity (Wildman–Crippen MR) is 86.8 cm³/mol. The van der Waals surface area contributed by atoms with Gasteiger partial charge < -0.3 is 14.8 Å². The average Bonchev–Trinajstić information content (AvgIpc) is 2.59. The Bertz CT molecular complexity index is 662. The summed E-state index contributed by atoms with van der Waals surface area (Å²) in [6.07, 6.45) is 0. The van der Waals surface area contributed by atoms with Crippen molar-refractivity contribution in [2.45, 2.75) is 13.5 Å². The van der Waals surface area contributed by atoms with Crippen molar-refractivity contribution in [3.05, 3.63) is 59.7 Å². The van der Waals surface area contributed by atoms with Gasteiger partial charge in [-0.05, 0) is 48.9 Å². The molecular formula is C18H19NO4. The normalized spacial score (nSPS) is 10.0. The van der Waals surface area contributed by atoms with Gasteiger partial charge >= 0.3 is 0 Å². The number of hydrogen-bond donors (Lipinski definition) is 1. The number of carbonyl (C=O) groups is 2. The summed E-state index contributed by atoms with van der Waals surface area (Å²) in [4.78, 5) is 22.9. The Labute approximate surface area is 135 Å². The third-order valence-corrected chi connectivity index (χ3v) is 3.28. The Balaban J connectivity index is 1.77. The smallest absolute Gasteiger partial charge is 0.258 e. The van der Waals surface area contributed by atoms with E-state index in [-0.39, 0.29) is 18.3 Å². The van der Waals surface area contributed by atoms with Crippen LogP contribution in [0.3, 0.4) is 0 Å². The number of methoxy groups -OCH3 is 1. The van der Waals surface area contributed by atoms with Gasteiger partial charge in [-0.15, -0.1) is 0 Å². The first-order valence-corrected chi connectivity index (χ1v) is 7.22. The number of benzene rings is 2. The number of carbonyl (C=O) groups excluding carboxylic acids is 2. The highest BCUT2D eigenvalue weighted by atomic mass is 16.5. The summed E-state index contributed by atoms with van der Waals surface area (Å²) in [5, 5.41) is 2.78. The van der Waals surface area contributed by atoms with Crippen LogP contribution in [0.2, 0.25) is 0 Å². The molecule has 0 heterocycles. The van der Waals surface area contributed by atoms with Gasteiger partial charge in [0.25, 0.3) is 5.91 Å². The quantitative estimate of drug-likeness (QED) is 0.798. The van der Waals surface area contributed by atoms with Crippen molar-refractivity contribution in [2.24, 2.45) is 0 Å². The van der Waals surface area contributed by atoms with Gasteiger partial charge in [0.1, 0.15) is 11.5 Å². The number of amides is 1. The Kier molecular flexibility index (Phi) is 5.74. The second-order valence-electron chi connectivity index (χ2n) is 4.99. The van der Waals surface area contributed by atoms with Gasteiger partial charge in [0, 0.05) is 12.1 Å². The third-order valence-electron chi connectivity index (χ3n) is 3.28. The fourth-order valence-corrected chi connectivity index (χ4v) is 1.93. The Hall–Kier alpha value is -2.82. The van der Waals surface area contributed by atoms with Crippen molar-refractivity contribution in [1.29, 1.82) is 0 Å². The van der Waals surface area contributed by atoms with E-state index >= 15 is 0 Å². The van der Waals surface area contributed by atoms with Crippen LogP contribution in [0.15, 0.2) is 48.5 Å². The molecule has 2 aromatic rings. The molecule has 0 atom stereocenters. The van der Waals surface area contributed by atoms with E-state index in [1.807, 2.05) is 24.3 Å². The van der Waals surface area contributed by atoms with Crippen LogP contribution in [0.25, 0.3) is 0 Å². The minimum atomic E-state index is -0.212. The van der Waals surface area contributed by atoms with E-state index in [1.165, 1.54) is 6.92 Å². The summed E-state index contributed by atoms with van der Waals surface area (Å²) >= 11 is 0. The van der Waals surface area contributed by atoms with E-state index in [2.05, 4.69) is 5.32 Å². The van der Waals surface area contributed by atoms with Crippen LogP contribution in [-0.2, 0) is 11.3 Å². The lowest BCUT2D eigenvalue weighted by Crippen LogP contribution is -2.28. The summed E-state index contributed by atoms with van der Waals surface area (Å²) < 4.78 is 10.5. The van der Waals surface area contributed by atoms with Gasteiger partial charge in [0.2, 0.25) is 0 Å². The Morgan fingerprint density at radius 3 is 2.13 bits per heavy atom. The molecule has 5 nitrogen and oxygen atoms in total. The zero-order valence-electron chi connectivity index (χ0n) is 13.2. The van der Waals surface area contributed by atoms with E-state index in [1.54, 1.807) is 31.4 Å². The van der Waals surface area contributed by atoms with Crippen molar-refractivity contribution in [2.75, 3.05) is 13.7 Å². The lowest BCUT2D eigenvalue weighted by molar-refractivity contribution is -0.123. The Morgan fingerprint density at radius 1 is 0.957 bits per heavy atom. The molecule has 0 aromatic heterocycles. The predicted octanol–water partition coefficient (Wildman–Crippen LogP) is 2.59. The van der Waals surface area contributed by atoms with Crippen LogP contribution in [0.1, 0.15) is 22.8 Å². The standard InChI is InChI=1S/C18H19NO4/c1-13(20)15-5-9-17(10-6-15)23-12-18(21)19-11-14-3-7-16(22-2)8-4-14/h3-10H,11-12H2,1-2H3,(H,19,21). The first-order valence-electron chi connectivity index (χ1n) is 7.22. The largest absolute Gasteiger partial charge is 0.497 e. The van der Waals surface area contributed by atoms with Gasteiger partial charge in [-0.25, -0.2) is 0 Å².